The lowest BCUT2D eigenvalue weighted by Gasteiger charge is -2.18. The lowest BCUT2D eigenvalue weighted by molar-refractivity contribution is 0.599. The molecule has 0 saturated carbocycles. The second-order valence-corrected chi connectivity index (χ2v) is 4.17. The third-order valence-corrected chi connectivity index (χ3v) is 1.68. The smallest absolute Gasteiger partial charge is 0.271 e. The van der Waals surface area contributed by atoms with E-state index in [0.717, 1.165) is 13.1 Å². The maximum atomic E-state index is 9.19. The minimum Gasteiger partial charge on any atom is -0.382 e. The van der Waals surface area contributed by atoms with Crippen LogP contribution in [-0.4, -0.2) is 21.5 Å². The van der Waals surface area contributed by atoms with Crippen LogP contribution in [-0.2, 0) is 10.2 Å². The van der Waals surface area contributed by atoms with E-state index in [1.165, 1.54) is 11.4 Å². The van der Waals surface area contributed by atoms with E-state index in [1.54, 1.807) is 0 Å². The van der Waals surface area contributed by atoms with Gasteiger partial charge in [-0.05, 0) is 12.1 Å². The van der Waals surface area contributed by atoms with Crippen molar-refractivity contribution in [2.75, 3.05) is 23.7 Å². The van der Waals surface area contributed by atoms with Crippen molar-refractivity contribution in [1.82, 2.24) is 0 Å². The molecule has 2 rings (SSSR count). The fraction of sp³-hybridized carbons (Fsp3) is 0.250. The van der Waals surface area contributed by atoms with Crippen molar-refractivity contribution in [3.63, 3.8) is 0 Å². The van der Waals surface area contributed by atoms with Crippen LogP contribution in [0.4, 0.5) is 11.4 Å². The van der Waals surface area contributed by atoms with Crippen molar-refractivity contribution >= 4 is 21.6 Å². The van der Waals surface area contributed by atoms with Gasteiger partial charge in [-0.15, -0.1) is 0 Å². The van der Waals surface area contributed by atoms with Gasteiger partial charge in [0.15, 0.2) is 0 Å². The normalized spacial score (nSPS) is 13.7. The van der Waals surface area contributed by atoms with E-state index in [1.807, 2.05) is 12.1 Å². The van der Waals surface area contributed by atoms with Gasteiger partial charge in [0.05, 0.1) is 11.4 Å². The molecule has 0 atom stereocenters. The molecule has 0 amide bonds. The highest BCUT2D eigenvalue weighted by Crippen LogP contribution is 2.22. The van der Waals surface area contributed by atoms with E-state index in [4.69, 9.17) is 0 Å². The largest absolute Gasteiger partial charge is 0.382 e. The minimum absolute atomic E-state index is 1.02. The summed E-state index contributed by atoms with van der Waals surface area (Å²) in [6.45, 7) is 2.05. The highest BCUT2D eigenvalue weighted by Gasteiger charge is 2.03. The van der Waals surface area contributed by atoms with Crippen molar-refractivity contribution in [1.29, 1.82) is 0 Å². The van der Waals surface area contributed by atoms with E-state index in [9.17, 15) is 8.42 Å². The van der Waals surface area contributed by atoms with Crippen LogP contribution in [0.1, 0.15) is 0 Å². The van der Waals surface area contributed by atoms with E-state index in [2.05, 4.69) is 33.0 Å². The average molecular weight is 230 g/mol. The second-order valence-electron chi connectivity index (χ2n) is 2.99. The van der Waals surface area contributed by atoms with Crippen LogP contribution in [0.3, 0.4) is 0 Å². The Kier molecular flexibility index (Phi) is 3.89. The maximum absolute atomic E-state index is 9.19. The molecule has 1 aromatic rings. The summed E-state index contributed by atoms with van der Waals surface area (Å²) in [5.74, 6) is 0. The van der Waals surface area contributed by atoms with Crippen molar-refractivity contribution in [3.05, 3.63) is 24.3 Å². The first-order valence-corrected chi connectivity index (χ1v) is 5.95. The van der Waals surface area contributed by atoms with Gasteiger partial charge in [0.2, 0.25) is 0 Å². The molecule has 1 aromatic carbocycles. The van der Waals surface area contributed by atoms with Crippen molar-refractivity contribution in [2.24, 2.45) is 10.3 Å². The van der Waals surface area contributed by atoms with Gasteiger partial charge in [-0.1, -0.05) is 12.1 Å². The molecule has 6 N–H and O–H groups in total. The van der Waals surface area contributed by atoms with Gasteiger partial charge in [-0.3, -0.25) is 0 Å². The molecule has 84 valence electrons. The summed E-state index contributed by atoms with van der Waals surface area (Å²) in [6.07, 6.45) is 0. The lowest BCUT2D eigenvalue weighted by Crippen LogP contribution is -2.21. The summed E-state index contributed by atoms with van der Waals surface area (Å²) in [6, 6.07) is 8.25. The second kappa shape index (κ2) is 4.96. The van der Waals surface area contributed by atoms with Gasteiger partial charge in [0.25, 0.3) is 10.2 Å². The molecular weight excluding hydrogens is 216 g/mol. The lowest BCUT2D eigenvalue weighted by atomic mass is 10.2. The fourth-order valence-corrected chi connectivity index (χ4v) is 1.19. The molecule has 1 heterocycles. The molecule has 0 fully saturated rings. The maximum Gasteiger partial charge on any atom is 0.271 e. The first-order chi connectivity index (χ1) is 6.97. The molecule has 7 heteroatoms. The third kappa shape index (κ3) is 5.21. The quantitative estimate of drug-likeness (QED) is 0.489. The highest BCUT2D eigenvalue weighted by molar-refractivity contribution is 7.86. The Balaban J connectivity index is 0.000000195. The first-order valence-electron chi connectivity index (χ1n) is 4.34. The minimum atomic E-state index is -3.67. The van der Waals surface area contributed by atoms with Crippen molar-refractivity contribution in [2.45, 2.75) is 0 Å². The Morgan fingerprint density at radius 1 is 1.00 bits per heavy atom. The van der Waals surface area contributed by atoms with Crippen LogP contribution in [0.15, 0.2) is 24.3 Å². The van der Waals surface area contributed by atoms with Crippen LogP contribution in [0.25, 0.3) is 0 Å². The van der Waals surface area contributed by atoms with Crippen molar-refractivity contribution in [3.8, 4) is 0 Å². The molecule has 0 aliphatic carbocycles. The standard InChI is InChI=1S/C8H10N2.H4N2O2S/c1-2-4-8-7(3-1)9-5-6-10-8;1-5(2,3)4/h1-4,9-10H,5-6H2;(H4,1,2,3,4). The Bertz CT molecular complexity index is 385. The molecule has 15 heavy (non-hydrogen) atoms. The van der Waals surface area contributed by atoms with Gasteiger partial charge >= 0.3 is 0 Å². The van der Waals surface area contributed by atoms with Crippen molar-refractivity contribution < 1.29 is 8.42 Å². The van der Waals surface area contributed by atoms with E-state index in [-0.39, 0.29) is 0 Å². The van der Waals surface area contributed by atoms with Gasteiger partial charge < -0.3 is 10.6 Å². The molecule has 0 aromatic heterocycles. The Hall–Kier alpha value is -1.31. The van der Waals surface area contributed by atoms with Crippen LogP contribution in [0, 0.1) is 0 Å². The Morgan fingerprint density at radius 2 is 1.33 bits per heavy atom. The summed E-state index contributed by atoms with van der Waals surface area (Å²) in [5.41, 5.74) is 2.43. The topological polar surface area (TPSA) is 110 Å². The molecule has 0 spiro atoms. The zero-order valence-corrected chi connectivity index (χ0v) is 8.92. The highest BCUT2D eigenvalue weighted by atomic mass is 32.2. The zero-order chi connectivity index (χ0) is 11.3. The molecule has 6 nitrogen and oxygen atoms in total. The number of nitrogens with one attached hydrogen (secondary N) is 2. The van der Waals surface area contributed by atoms with Crippen LogP contribution < -0.4 is 20.9 Å². The molecule has 1 aliphatic heterocycles. The monoisotopic (exact) mass is 230 g/mol. The van der Waals surface area contributed by atoms with Crippen LogP contribution in [0.5, 0.6) is 0 Å². The first kappa shape index (κ1) is 11.8. The Morgan fingerprint density at radius 3 is 1.67 bits per heavy atom. The molecule has 0 saturated heterocycles. The summed E-state index contributed by atoms with van der Waals surface area (Å²) in [5, 5.41) is 14.8. The van der Waals surface area contributed by atoms with Gasteiger partial charge in [0.1, 0.15) is 0 Å². The summed E-state index contributed by atoms with van der Waals surface area (Å²) >= 11 is 0. The zero-order valence-electron chi connectivity index (χ0n) is 8.10. The number of fused-ring (bicyclic) bond motifs is 1. The number of hydrogen-bond donors (Lipinski definition) is 4. The summed E-state index contributed by atoms with van der Waals surface area (Å²) in [4.78, 5) is 0. The average Bonchev–Trinajstić information content (AvgIpc) is 2.16. The molecule has 0 bridgehead atoms. The number of nitrogens with two attached hydrogens (primary N) is 2. The molecular formula is C8H14N4O2S. The van der Waals surface area contributed by atoms with Gasteiger partial charge in [-0.25, -0.2) is 10.3 Å². The van der Waals surface area contributed by atoms with Crippen LogP contribution >= 0.6 is 0 Å². The van der Waals surface area contributed by atoms with Crippen LogP contribution in [0.2, 0.25) is 0 Å². The third-order valence-electron chi connectivity index (χ3n) is 1.68. The summed E-state index contributed by atoms with van der Waals surface area (Å²) < 4.78 is 18.4. The van der Waals surface area contributed by atoms with E-state index >= 15 is 0 Å². The number of anilines is 2. The summed E-state index contributed by atoms with van der Waals surface area (Å²) in [7, 11) is -3.67. The number of para-hydroxylation sites is 2. The van der Waals surface area contributed by atoms with Gasteiger partial charge in [0, 0.05) is 13.1 Å². The van der Waals surface area contributed by atoms with E-state index in [0.29, 0.717) is 0 Å². The van der Waals surface area contributed by atoms with Gasteiger partial charge in [-0.2, -0.15) is 8.42 Å². The fourth-order valence-electron chi connectivity index (χ4n) is 1.19. The van der Waals surface area contributed by atoms with E-state index < -0.39 is 10.2 Å². The number of hydrogen-bond acceptors (Lipinski definition) is 4. The predicted molar refractivity (Wildman–Crippen MR) is 60.7 cm³/mol. The number of rotatable bonds is 0. The Labute approximate surface area is 88.8 Å². The molecule has 0 radical (unpaired) electrons. The molecule has 1 aliphatic rings. The number of benzene rings is 1. The molecule has 0 unspecified atom stereocenters. The SMILES string of the molecule is NS(N)(=O)=O.c1ccc2c(c1)NCCN2. The predicted octanol–water partition coefficient (Wildman–Crippen LogP) is -0.327.